The molecule has 0 aromatic heterocycles. The van der Waals surface area contributed by atoms with Crippen LogP contribution in [-0.4, -0.2) is 41.7 Å². The van der Waals surface area contributed by atoms with Crippen molar-refractivity contribution in [1.82, 2.24) is 5.32 Å². The van der Waals surface area contributed by atoms with Crippen molar-refractivity contribution < 1.29 is 23.0 Å². The number of hydrogen-bond acceptors (Lipinski definition) is 6. The summed E-state index contributed by atoms with van der Waals surface area (Å²) >= 11 is -2.32. The van der Waals surface area contributed by atoms with Gasteiger partial charge in [0.25, 0.3) is 0 Å². The van der Waals surface area contributed by atoms with Crippen LogP contribution < -0.4 is 19.5 Å². The summed E-state index contributed by atoms with van der Waals surface area (Å²) in [5.74, 6) is 1.82. The van der Waals surface area contributed by atoms with Crippen molar-refractivity contribution >= 4 is 11.1 Å². The molecule has 0 spiro atoms. The lowest BCUT2D eigenvalue weighted by Crippen LogP contribution is -2.31. The molecule has 7 heteroatoms. The molecule has 2 atom stereocenters. The number of para-hydroxylation sites is 2. The Kier molecular flexibility index (Phi) is 8.57. The van der Waals surface area contributed by atoms with Crippen LogP contribution in [0.15, 0.2) is 47.4 Å². The Morgan fingerprint density at radius 1 is 1.11 bits per heavy atom. The van der Waals surface area contributed by atoms with Crippen LogP contribution in [0.3, 0.4) is 0 Å². The van der Waals surface area contributed by atoms with Gasteiger partial charge in [0, 0.05) is 12.6 Å². The second-order valence-electron chi connectivity index (χ2n) is 6.01. The molecule has 2 aromatic rings. The number of hydrogen-bond donors (Lipinski definition) is 1. The van der Waals surface area contributed by atoms with E-state index in [0.29, 0.717) is 31.9 Å². The Balaban J connectivity index is 1.82. The van der Waals surface area contributed by atoms with E-state index in [4.69, 9.17) is 14.2 Å². The Morgan fingerprint density at radius 3 is 2.44 bits per heavy atom. The molecule has 0 aliphatic rings. The zero-order valence-corrected chi connectivity index (χ0v) is 16.7. The van der Waals surface area contributed by atoms with Crippen molar-refractivity contribution in [3.8, 4) is 17.2 Å². The SMILES string of the molecule is CCOc1ccccc1OCCN[C@H](C)Cc1ccc(OC)c(S(=O)[O-])c1. The molecular formula is C20H26NO5S-. The minimum atomic E-state index is -2.32. The summed E-state index contributed by atoms with van der Waals surface area (Å²) < 4.78 is 39.0. The van der Waals surface area contributed by atoms with Gasteiger partial charge in [0.2, 0.25) is 0 Å². The van der Waals surface area contributed by atoms with Gasteiger partial charge in [-0.1, -0.05) is 18.2 Å². The second kappa shape index (κ2) is 10.9. The molecular weight excluding hydrogens is 366 g/mol. The average Bonchev–Trinajstić information content (AvgIpc) is 2.66. The van der Waals surface area contributed by atoms with Crippen molar-refractivity contribution in [1.29, 1.82) is 0 Å². The highest BCUT2D eigenvalue weighted by Gasteiger charge is 2.09. The fraction of sp³-hybridized carbons (Fsp3) is 0.400. The number of rotatable bonds is 11. The highest BCUT2D eigenvalue weighted by Crippen LogP contribution is 2.26. The lowest BCUT2D eigenvalue weighted by atomic mass is 10.1. The first-order valence-electron chi connectivity index (χ1n) is 8.89. The molecule has 2 aromatic carbocycles. The van der Waals surface area contributed by atoms with Crippen LogP contribution in [-0.2, 0) is 17.5 Å². The largest absolute Gasteiger partial charge is 0.768 e. The Bertz CT molecular complexity index is 753. The highest BCUT2D eigenvalue weighted by atomic mass is 32.2. The van der Waals surface area contributed by atoms with E-state index in [-0.39, 0.29) is 10.9 Å². The number of methoxy groups -OCH3 is 1. The van der Waals surface area contributed by atoms with Gasteiger partial charge in [0.1, 0.15) is 12.4 Å². The fourth-order valence-corrected chi connectivity index (χ4v) is 3.28. The quantitative estimate of drug-likeness (QED) is 0.468. The topological polar surface area (TPSA) is 79.8 Å². The third-order valence-electron chi connectivity index (χ3n) is 3.95. The van der Waals surface area contributed by atoms with E-state index >= 15 is 0 Å². The van der Waals surface area contributed by atoms with Gasteiger partial charge in [-0.2, -0.15) is 0 Å². The molecule has 6 nitrogen and oxygen atoms in total. The molecule has 2 rings (SSSR count). The van der Waals surface area contributed by atoms with E-state index in [9.17, 15) is 8.76 Å². The minimum Gasteiger partial charge on any atom is -0.768 e. The van der Waals surface area contributed by atoms with Gasteiger partial charge >= 0.3 is 0 Å². The van der Waals surface area contributed by atoms with Gasteiger partial charge in [-0.25, -0.2) is 0 Å². The van der Waals surface area contributed by atoms with Gasteiger partial charge < -0.3 is 24.1 Å². The normalized spacial score (nSPS) is 13.0. The van der Waals surface area contributed by atoms with Crippen LogP contribution in [0.5, 0.6) is 17.2 Å². The average molecular weight is 392 g/mol. The molecule has 0 heterocycles. The van der Waals surface area contributed by atoms with E-state index in [1.54, 1.807) is 12.1 Å². The molecule has 1 unspecified atom stereocenters. The summed E-state index contributed by atoms with van der Waals surface area (Å²) in [7, 11) is 1.46. The van der Waals surface area contributed by atoms with Gasteiger partial charge in [0.15, 0.2) is 11.5 Å². The summed E-state index contributed by atoms with van der Waals surface area (Å²) in [4.78, 5) is 0.179. The van der Waals surface area contributed by atoms with Crippen LogP contribution in [0.2, 0.25) is 0 Å². The fourth-order valence-electron chi connectivity index (χ4n) is 2.71. The molecule has 0 saturated carbocycles. The lowest BCUT2D eigenvalue weighted by molar-refractivity contribution is 0.272. The highest BCUT2D eigenvalue weighted by molar-refractivity contribution is 7.79. The van der Waals surface area contributed by atoms with E-state index in [1.807, 2.05) is 44.2 Å². The zero-order valence-electron chi connectivity index (χ0n) is 15.9. The predicted octanol–water partition coefficient (Wildman–Crippen LogP) is 2.93. The van der Waals surface area contributed by atoms with Gasteiger partial charge in [-0.3, -0.25) is 4.21 Å². The molecule has 27 heavy (non-hydrogen) atoms. The Hall–Kier alpha value is -2.09. The zero-order chi connectivity index (χ0) is 19.6. The van der Waals surface area contributed by atoms with Crippen molar-refractivity contribution in [2.75, 3.05) is 26.9 Å². The van der Waals surface area contributed by atoms with Crippen LogP contribution >= 0.6 is 0 Å². The standard InChI is InChI=1S/C20H27NO5S/c1-4-25-17-7-5-6-8-18(17)26-12-11-21-15(2)13-16-9-10-19(24-3)20(14-16)27(22)23/h5-10,14-15,21H,4,11-13H2,1-3H3,(H,22,23)/p-1/t15-/m1/s1. The van der Waals surface area contributed by atoms with E-state index < -0.39 is 11.1 Å². The maximum Gasteiger partial charge on any atom is 0.161 e. The Morgan fingerprint density at radius 2 is 1.81 bits per heavy atom. The first-order chi connectivity index (χ1) is 13.0. The number of benzene rings is 2. The van der Waals surface area contributed by atoms with E-state index in [1.165, 1.54) is 7.11 Å². The molecule has 0 bridgehead atoms. The molecule has 1 N–H and O–H groups in total. The third-order valence-corrected chi connectivity index (χ3v) is 4.63. The molecule has 148 valence electrons. The van der Waals surface area contributed by atoms with Gasteiger partial charge in [-0.15, -0.1) is 0 Å². The maximum atomic E-state index is 11.3. The van der Waals surface area contributed by atoms with Crippen LogP contribution in [0.1, 0.15) is 19.4 Å². The summed E-state index contributed by atoms with van der Waals surface area (Å²) in [6.07, 6.45) is 0.698. The molecule has 0 fully saturated rings. The van der Waals surface area contributed by atoms with E-state index in [2.05, 4.69) is 5.32 Å². The van der Waals surface area contributed by atoms with Crippen LogP contribution in [0, 0.1) is 0 Å². The second-order valence-corrected chi connectivity index (χ2v) is 6.92. The third kappa shape index (κ3) is 6.53. The van der Waals surface area contributed by atoms with Gasteiger partial charge in [-0.05, 0) is 61.2 Å². The Labute approximate surface area is 163 Å². The molecule has 0 saturated heterocycles. The van der Waals surface area contributed by atoms with Gasteiger partial charge in [0.05, 0.1) is 18.6 Å². The van der Waals surface area contributed by atoms with Crippen molar-refractivity contribution in [2.24, 2.45) is 0 Å². The van der Waals surface area contributed by atoms with Crippen LogP contribution in [0.4, 0.5) is 0 Å². The monoisotopic (exact) mass is 392 g/mol. The minimum absolute atomic E-state index is 0.164. The smallest absolute Gasteiger partial charge is 0.161 e. The molecule has 0 aliphatic carbocycles. The molecule has 0 aliphatic heterocycles. The summed E-state index contributed by atoms with van der Waals surface area (Å²) in [6, 6.07) is 13.0. The summed E-state index contributed by atoms with van der Waals surface area (Å²) in [5.41, 5.74) is 0.928. The summed E-state index contributed by atoms with van der Waals surface area (Å²) in [6.45, 7) is 5.75. The lowest BCUT2D eigenvalue weighted by Gasteiger charge is -2.17. The van der Waals surface area contributed by atoms with Crippen molar-refractivity contribution in [2.45, 2.75) is 31.2 Å². The first kappa shape index (κ1) is 21.2. The number of ether oxygens (including phenoxy) is 3. The molecule has 0 amide bonds. The van der Waals surface area contributed by atoms with Crippen LogP contribution in [0.25, 0.3) is 0 Å². The van der Waals surface area contributed by atoms with Crippen molar-refractivity contribution in [3.63, 3.8) is 0 Å². The van der Waals surface area contributed by atoms with E-state index in [0.717, 1.165) is 17.1 Å². The first-order valence-corrected chi connectivity index (χ1v) is 9.96. The maximum absolute atomic E-state index is 11.3. The van der Waals surface area contributed by atoms with Crippen molar-refractivity contribution in [3.05, 3.63) is 48.0 Å². The number of nitrogens with one attached hydrogen (secondary N) is 1. The molecule has 0 radical (unpaired) electrons. The summed E-state index contributed by atoms with van der Waals surface area (Å²) in [5, 5.41) is 3.38. The predicted molar refractivity (Wildman–Crippen MR) is 104 cm³/mol.